The third kappa shape index (κ3) is 2.42. The second-order valence-electron chi connectivity index (χ2n) is 4.40. The Morgan fingerprint density at radius 2 is 1.90 bits per heavy atom. The van der Waals surface area contributed by atoms with E-state index in [1.807, 2.05) is 11.6 Å². The third-order valence-corrected chi connectivity index (χ3v) is 4.47. The van der Waals surface area contributed by atoms with Crippen LogP contribution in [0.2, 0.25) is 5.02 Å². The van der Waals surface area contributed by atoms with Crippen LogP contribution in [0.4, 0.5) is 10.9 Å². The predicted octanol–water partition coefficient (Wildman–Crippen LogP) is 2.39. The fourth-order valence-corrected chi connectivity index (χ4v) is 3.19. The summed E-state index contributed by atoms with van der Waals surface area (Å²) < 4.78 is 0. The number of aromatic nitrogens is 2. The molecule has 0 radical (unpaired) electrons. The van der Waals surface area contributed by atoms with Crippen LogP contribution >= 0.6 is 22.9 Å². The first kappa shape index (κ1) is 13.2. The zero-order valence-electron chi connectivity index (χ0n) is 10.7. The molecule has 3 heterocycles. The van der Waals surface area contributed by atoms with Gasteiger partial charge in [0.2, 0.25) is 0 Å². The lowest BCUT2D eigenvalue weighted by atomic mass is 10.2. The molecule has 0 bridgehead atoms. The number of halogens is 1. The molecule has 102 valence electrons. The number of pyridine rings is 1. The van der Waals surface area contributed by atoms with Crippen molar-refractivity contribution in [3.8, 4) is 6.07 Å². The molecule has 2 aromatic heterocycles. The summed E-state index contributed by atoms with van der Waals surface area (Å²) in [7, 11) is 0. The van der Waals surface area contributed by atoms with E-state index in [-0.39, 0.29) is 0 Å². The Bertz CT molecular complexity index is 629. The quantitative estimate of drug-likeness (QED) is 0.852. The summed E-state index contributed by atoms with van der Waals surface area (Å²) in [5.74, 6) is 0.699. The second-order valence-corrected chi connectivity index (χ2v) is 5.65. The number of nitriles is 1. The summed E-state index contributed by atoms with van der Waals surface area (Å²) >= 11 is 7.87. The Kier molecular flexibility index (Phi) is 3.72. The maximum Gasteiger partial charge on any atom is 0.185 e. The van der Waals surface area contributed by atoms with Crippen LogP contribution in [0.1, 0.15) is 5.56 Å². The fraction of sp³-hybridized carbons (Fsp3) is 0.308. The number of thiazole rings is 1. The van der Waals surface area contributed by atoms with Crippen LogP contribution in [0.3, 0.4) is 0 Å². The first-order chi connectivity index (χ1) is 9.79. The summed E-state index contributed by atoms with van der Waals surface area (Å²) in [6.07, 6.45) is 3.45. The Morgan fingerprint density at radius 3 is 2.55 bits per heavy atom. The largest absolute Gasteiger partial charge is 0.352 e. The molecule has 5 nitrogen and oxygen atoms in total. The molecule has 0 aliphatic carbocycles. The van der Waals surface area contributed by atoms with Gasteiger partial charge in [-0.25, -0.2) is 9.97 Å². The molecule has 2 aromatic rings. The molecular formula is C13H12ClN5S. The average molecular weight is 306 g/mol. The SMILES string of the molecule is N#Cc1ccnc(N2CCN(c3nccs3)CC2)c1Cl. The van der Waals surface area contributed by atoms with Gasteiger partial charge in [-0.3, -0.25) is 0 Å². The number of nitrogens with zero attached hydrogens (tertiary/aromatic N) is 5. The zero-order chi connectivity index (χ0) is 13.9. The highest BCUT2D eigenvalue weighted by atomic mass is 35.5. The molecule has 0 N–H and O–H groups in total. The number of anilines is 2. The number of hydrogen-bond donors (Lipinski definition) is 0. The van der Waals surface area contributed by atoms with Crippen molar-refractivity contribution < 1.29 is 0 Å². The van der Waals surface area contributed by atoms with Gasteiger partial charge in [-0.15, -0.1) is 11.3 Å². The van der Waals surface area contributed by atoms with Gasteiger partial charge >= 0.3 is 0 Å². The maximum atomic E-state index is 9.01. The number of hydrogen-bond acceptors (Lipinski definition) is 6. The average Bonchev–Trinajstić information content (AvgIpc) is 3.02. The van der Waals surface area contributed by atoms with Crippen LogP contribution in [-0.4, -0.2) is 36.1 Å². The monoisotopic (exact) mass is 305 g/mol. The summed E-state index contributed by atoms with van der Waals surface area (Å²) in [4.78, 5) is 13.0. The Balaban J connectivity index is 1.74. The summed E-state index contributed by atoms with van der Waals surface area (Å²) in [5.41, 5.74) is 0.471. The van der Waals surface area contributed by atoms with E-state index in [1.54, 1.807) is 23.6 Å². The Morgan fingerprint density at radius 1 is 1.15 bits per heavy atom. The first-order valence-corrected chi connectivity index (χ1v) is 7.49. The van der Waals surface area contributed by atoms with Crippen LogP contribution < -0.4 is 9.80 Å². The van der Waals surface area contributed by atoms with E-state index in [4.69, 9.17) is 16.9 Å². The van der Waals surface area contributed by atoms with Crippen LogP contribution in [0.25, 0.3) is 0 Å². The lowest BCUT2D eigenvalue weighted by Gasteiger charge is -2.35. The van der Waals surface area contributed by atoms with E-state index in [0.29, 0.717) is 16.4 Å². The van der Waals surface area contributed by atoms with Crippen molar-refractivity contribution in [2.45, 2.75) is 0 Å². The maximum absolute atomic E-state index is 9.01. The summed E-state index contributed by atoms with van der Waals surface area (Å²) in [6.45, 7) is 3.40. The molecule has 0 saturated carbocycles. The molecule has 0 unspecified atom stereocenters. The number of piperazine rings is 1. The van der Waals surface area contributed by atoms with E-state index in [2.05, 4.69) is 25.8 Å². The van der Waals surface area contributed by atoms with Crippen LogP contribution in [0.15, 0.2) is 23.8 Å². The molecule has 1 aliphatic rings. The molecule has 20 heavy (non-hydrogen) atoms. The van der Waals surface area contributed by atoms with Gasteiger partial charge in [-0.2, -0.15) is 5.26 Å². The minimum absolute atomic E-state index is 0.442. The van der Waals surface area contributed by atoms with Crippen molar-refractivity contribution in [3.63, 3.8) is 0 Å². The zero-order valence-corrected chi connectivity index (χ0v) is 12.2. The third-order valence-electron chi connectivity index (χ3n) is 3.26. The molecule has 3 rings (SSSR count). The summed E-state index contributed by atoms with van der Waals surface area (Å²) in [6, 6.07) is 3.73. The van der Waals surface area contributed by atoms with Gasteiger partial charge in [-0.05, 0) is 6.07 Å². The van der Waals surface area contributed by atoms with E-state index < -0.39 is 0 Å². The van der Waals surface area contributed by atoms with E-state index in [9.17, 15) is 0 Å². The molecule has 0 spiro atoms. The molecular weight excluding hydrogens is 294 g/mol. The van der Waals surface area contributed by atoms with E-state index >= 15 is 0 Å². The highest BCUT2D eigenvalue weighted by Crippen LogP contribution is 2.28. The van der Waals surface area contributed by atoms with Gasteiger partial charge in [0.25, 0.3) is 0 Å². The van der Waals surface area contributed by atoms with E-state index in [1.165, 1.54) is 0 Å². The van der Waals surface area contributed by atoms with Gasteiger partial charge < -0.3 is 9.80 Å². The molecule has 7 heteroatoms. The van der Waals surface area contributed by atoms with Gasteiger partial charge in [-0.1, -0.05) is 11.6 Å². The minimum atomic E-state index is 0.442. The number of rotatable bonds is 2. The lowest BCUT2D eigenvalue weighted by molar-refractivity contribution is 0.646. The van der Waals surface area contributed by atoms with Crippen molar-refractivity contribution in [2.24, 2.45) is 0 Å². The predicted molar refractivity (Wildman–Crippen MR) is 80.5 cm³/mol. The summed E-state index contributed by atoms with van der Waals surface area (Å²) in [5, 5.41) is 12.5. The molecule has 0 aromatic carbocycles. The van der Waals surface area contributed by atoms with Crippen LogP contribution in [0.5, 0.6) is 0 Å². The first-order valence-electron chi connectivity index (χ1n) is 6.23. The highest BCUT2D eigenvalue weighted by Gasteiger charge is 2.22. The smallest absolute Gasteiger partial charge is 0.185 e. The van der Waals surface area contributed by atoms with Crippen LogP contribution in [0, 0.1) is 11.3 Å². The second kappa shape index (κ2) is 5.65. The van der Waals surface area contributed by atoms with Crippen LogP contribution in [-0.2, 0) is 0 Å². The topological polar surface area (TPSA) is 56.1 Å². The molecule has 1 saturated heterocycles. The Hall–Kier alpha value is -1.84. The lowest BCUT2D eigenvalue weighted by Crippen LogP contribution is -2.47. The van der Waals surface area contributed by atoms with Crippen molar-refractivity contribution in [2.75, 3.05) is 36.0 Å². The highest BCUT2D eigenvalue weighted by molar-refractivity contribution is 7.13. The van der Waals surface area contributed by atoms with Gasteiger partial charge in [0.05, 0.1) is 5.56 Å². The molecule has 0 amide bonds. The van der Waals surface area contributed by atoms with Crippen molar-refractivity contribution in [3.05, 3.63) is 34.4 Å². The van der Waals surface area contributed by atoms with Gasteiger partial charge in [0, 0.05) is 44.0 Å². The molecule has 1 fully saturated rings. The standard InChI is InChI=1S/C13H12ClN5S/c14-11-10(9-15)1-2-16-12(11)18-4-6-19(7-5-18)13-17-3-8-20-13/h1-3,8H,4-7H2. The van der Waals surface area contributed by atoms with Gasteiger partial charge in [0.1, 0.15) is 16.9 Å². The Labute approximate surface area is 126 Å². The molecule has 0 atom stereocenters. The van der Waals surface area contributed by atoms with Crippen molar-refractivity contribution in [1.29, 1.82) is 5.26 Å². The van der Waals surface area contributed by atoms with Crippen molar-refractivity contribution >= 4 is 33.9 Å². The normalized spacial score (nSPS) is 15.2. The fourth-order valence-electron chi connectivity index (χ4n) is 2.22. The van der Waals surface area contributed by atoms with Gasteiger partial charge in [0.15, 0.2) is 5.13 Å². The molecule has 1 aliphatic heterocycles. The minimum Gasteiger partial charge on any atom is -0.352 e. The van der Waals surface area contributed by atoms with E-state index in [0.717, 1.165) is 31.3 Å². The van der Waals surface area contributed by atoms with Crippen molar-refractivity contribution in [1.82, 2.24) is 9.97 Å².